The van der Waals surface area contributed by atoms with E-state index >= 15 is 0 Å². The molecule has 0 aliphatic rings. The molecule has 0 bridgehead atoms. The van der Waals surface area contributed by atoms with Crippen molar-refractivity contribution in [3.8, 4) is 0 Å². The number of benzene rings is 1. The Kier molecular flexibility index (Phi) is 3.27. The molecule has 0 unspecified atom stereocenters. The maximum atomic E-state index is 13.2. The third-order valence-corrected chi connectivity index (χ3v) is 2.58. The maximum Gasteiger partial charge on any atom is 0.235 e. The Hall–Kier alpha value is -0.610. The van der Waals surface area contributed by atoms with Gasteiger partial charge in [-0.05, 0) is 5.56 Å². The second kappa shape index (κ2) is 4.07. The zero-order valence-corrected chi connectivity index (χ0v) is 8.22. The van der Waals surface area contributed by atoms with Crippen LogP contribution in [0.3, 0.4) is 0 Å². The van der Waals surface area contributed by atoms with Crippen LogP contribution in [0, 0.1) is 0 Å². The summed E-state index contributed by atoms with van der Waals surface area (Å²) >= 11 is 0. The van der Waals surface area contributed by atoms with Crippen molar-refractivity contribution in [2.45, 2.75) is 6.17 Å². The number of halogens is 2. The lowest BCUT2D eigenvalue weighted by atomic mass is 10.1. The fourth-order valence-corrected chi connectivity index (χ4v) is 1.81. The summed E-state index contributed by atoms with van der Waals surface area (Å²) < 4.78 is 34.2. The number of alkyl halides is 1. The van der Waals surface area contributed by atoms with Crippen molar-refractivity contribution in [2.24, 2.45) is 0 Å². The Balaban J connectivity index is 2.76. The quantitative estimate of drug-likeness (QED) is 0.736. The molecule has 0 aliphatic heterocycles. The highest BCUT2D eigenvalue weighted by atomic mass is 35.7. The van der Waals surface area contributed by atoms with Gasteiger partial charge in [-0.1, -0.05) is 30.3 Å². The van der Waals surface area contributed by atoms with Crippen LogP contribution in [0.25, 0.3) is 0 Å². The van der Waals surface area contributed by atoms with Gasteiger partial charge in [-0.15, -0.1) is 0 Å². The molecule has 0 aromatic heterocycles. The highest BCUT2D eigenvalue weighted by molar-refractivity contribution is 8.13. The SMILES string of the molecule is O=S(=O)(Cl)C[C@@H](F)c1ccccc1. The lowest BCUT2D eigenvalue weighted by Crippen LogP contribution is -2.05. The summed E-state index contributed by atoms with van der Waals surface area (Å²) in [6.45, 7) is 0. The Morgan fingerprint density at radius 2 is 1.85 bits per heavy atom. The van der Waals surface area contributed by atoms with E-state index in [2.05, 4.69) is 0 Å². The van der Waals surface area contributed by atoms with E-state index in [4.69, 9.17) is 10.7 Å². The van der Waals surface area contributed by atoms with Crippen LogP contribution in [0.5, 0.6) is 0 Å². The van der Waals surface area contributed by atoms with E-state index in [0.717, 1.165) is 0 Å². The summed E-state index contributed by atoms with van der Waals surface area (Å²) in [7, 11) is 1.14. The molecule has 0 radical (unpaired) electrons. The lowest BCUT2D eigenvalue weighted by molar-refractivity contribution is 0.375. The molecule has 5 heteroatoms. The van der Waals surface area contributed by atoms with Gasteiger partial charge in [0.05, 0.1) is 0 Å². The van der Waals surface area contributed by atoms with Gasteiger partial charge in [-0.2, -0.15) is 0 Å². The van der Waals surface area contributed by atoms with Crippen molar-refractivity contribution in [1.29, 1.82) is 0 Å². The summed E-state index contributed by atoms with van der Waals surface area (Å²) in [5.41, 5.74) is 0.326. The van der Waals surface area contributed by atoms with Gasteiger partial charge in [-0.25, -0.2) is 12.8 Å². The van der Waals surface area contributed by atoms with Gasteiger partial charge in [-0.3, -0.25) is 0 Å². The molecule has 13 heavy (non-hydrogen) atoms. The van der Waals surface area contributed by atoms with E-state index < -0.39 is 21.0 Å². The van der Waals surface area contributed by atoms with E-state index in [0.29, 0.717) is 5.56 Å². The second-order valence-corrected chi connectivity index (χ2v) is 5.41. The lowest BCUT2D eigenvalue weighted by Gasteiger charge is -2.04. The minimum absolute atomic E-state index is 0.326. The van der Waals surface area contributed by atoms with Crippen molar-refractivity contribution < 1.29 is 12.8 Å². The largest absolute Gasteiger partial charge is 0.241 e. The van der Waals surface area contributed by atoms with Crippen molar-refractivity contribution in [1.82, 2.24) is 0 Å². The molecule has 0 spiro atoms. The molecular weight excluding hydrogens is 215 g/mol. The third kappa shape index (κ3) is 3.74. The average Bonchev–Trinajstić information content (AvgIpc) is 2.03. The van der Waals surface area contributed by atoms with Crippen molar-refractivity contribution in [3.05, 3.63) is 35.9 Å². The number of rotatable bonds is 3. The first kappa shape index (κ1) is 10.5. The second-order valence-electron chi connectivity index (χ2n) is 2.58. The van der Waals surface area contributed by atoms with Crippen molar-refractivity contribution >= 4 is 19.7 Å². The molecule has 0 fully saturated rings. The molecular formula is C8H8ClFO2S. The highest BCUT2D eigenvalue weighted by Gasteiger charge is 2.17. The Labute approximate surface area is 80.8 Å². The van der Waals surface area contributed by atoms with Crippen LogP contribution < -0.4 is 0 Å². The molecule has 0 N–H and O–H groups in total. The smallest absolute Gasteiger partial charge is 0.235 e. The van der Waals surface area contributed by atoms with Gasteiger partial charge < -0.3 is 0 Å². The highest BCUT2D eigenvalue weighted by Crippen LogP contribution is 2.20. The Bertz CT molecular complexity index is 363. The van der Waals surface area contributed by atoms with E-state index in [1.165, 1.54) is 12.1 Å². The predicted octanol–water partition coefficient (Wildman–Crippen LogP) is 2.27. The van der Waals surface area contributed by atoms with Gasteiger partial charge in [0.2, 0.25) is 9.05 Å². The third-order valence-electron chi connectivity index (χ3n) is 1.51. The minimum Gasteiger partial charge on any atom is -0.241 e. The molecule has 2 nitrogen and oxygen atoms in total. The first-order chi connectivity index (χ1) is 5.99. The van der Waals surface area contributed by atoms with Crippen LogP contribution in [0.2, 0.25) is 0 Å². The van der Waals surface area contributed by atoms with Crippen LogP contribution in [0.1, 0.15) is 11.7 Å². The molecule has 1 atom stereocenters. The van der Waals surface area contributed by atoms with E-state index in [-0.39, 0.29) is 0 Å². The molecule has 0 saturated carbocycles. The monoisotopic (exact) mass is 222 g/mol. The van der Waals surface area contributed by atoms with Crippen LogP contribution in [-0.2, 0) is 9.05 Å². The van der Waals surface area contributed by atoms with E-state index in [9.17, 15) is 12.8 Å². The maximum absolute atomic E-state index is 13.2. The Morgan fingerprint density at radius 1 is 1.31 bits per heavy atom. The average molecular weight is 223 g/mol. The van der Waals surface area contributed by atoms with Crippen LogP contribution in [0.4, 0.5) is 4.39 Å². The first-order valence-corrected chi connectivity index (χ1v) is 6.08. The molecule has 72 valence electrons. The predicted molar refractivity (Wildman–Crippen MR) is 49.9 cm³/mol. The van der Waals surface area contributed by atoms with Gasteiger partial charge >= 0.3 is 0 Å². The summed E-state index contributed by atoms with van der Waals surface area (Å²) in [4.78, 5) is 0. The molecule has 1 aromatic carbocycles. The fourth-order valence-electron chi connectivity index (χ4n) is 0.933. The van der Waals surface area contributed by atoms with Crippen molar-refractivity contribution in [2.75, 3.05) is 5.75 Å². The minimum atomic E-state index is -3.77. The van der Waals surface area contributed by atoms with Gasteiger partial charge in [0, 0.05) is 10.7 Å². The van der Waals surface area contributed by atoms with Crippen LogP contribution >= 0.6 is 10.7 Å². The summed E-state index contributed by atoms with van der Waals surface area (Å²) in [6, 6.07) is 8.05. The standard InChI is InChI=1S/C8H8ClFO2S/c9-13(11,12)6-8(10)7-4-2-1-3-5-7/h1-5,8H,6H2/t8-/m1/s1. The van der Waals surface area contributed by atoms with Gasteiger partial charge in [0.1, 0.15) is 11.9 Å². The van der Waals surface area contributed by atoms with E-state index in [1.807, 2.05) is 0 Å². The molecule has 0 saturated heterocycles. The van der Waals surface area contributed by atoms with Gasteiger partial charge in [0.25, 0.3) is 0 Å². The zero-order valence-electron chi connectivity index (χ0n) is 6.65. The zero-order chi connectivity index (χ0) is 9.90. The van der Waals surface area contributed by atoms with Gasteiger partial charge in [0.15, 0.2) is 0 Å². The van der Waals surface area contributed by atoms with E-state index in [1.54, 1.807) is 18.2 Å². The fraction of sp³-hybridized carbons (Fsp3) is 0.250. The normalized spacial score (nSPS) is 14.0. The Morgan fingerprint density at radius 3 is 2.31 bits per heavy atom. The summed E-state index contributed by atoms with van der Waals surface area (Å²) in [6.07, 6.45) is -1.55. The van der Waals surface area contributed by atoms with Crippen LogP contribution in [-0.4, -0.2) is 14.2 Å². The van der Waals surface area contributed by atoms with Crippen molar-refractivity contribution in [3.63, 3.8) is 0 Å². The number of hydrogen-bond donors (Lipinski definition) is 0. The molecule has 0 heterocycles. The summed E-state index contributed by atoms with van der Waals surface area (Å²) in [5, 5.41) is 0. The number of hydrogen-bond acceptors (Lipinski definition) is 2. The molecule has 1 rings (SSSR count). The topological polar surface area (TPSA) is 34.1 Å². The van der Waals surface area contributed by atoms with Crippen LogP contribution in [0.15, 0.2) is 30.3 Å². The first-order valence-electron chi connectivity index (χ1n) is 3.60. The molecule has 0 aliphatic carbocycles. The molecule has 1 aromatic rings. The summed E-state index contributed by atoms with van der Waals surface area (Å²) in [5.74, 6) is -0.682. The molecule has 0 amide bonds.